The van der Waals surface area contributed by atoms with Gasteiger partial charge in [-0.25, -0.2) is 4.79 Å². The lowest BCUT2D eigenvalue weighted by Gasteiger charge is -2.28. The molecule has 2 aromatic rings. The van der Waals surface area contributed by atoms with Gasteiger partial charge in [0.25, 0.3) is 0 Å². The van der Waals surface area contributed by atoms with Crippen molar-refractivity contribution in [1.82, 2.24) is 15.5 Å². The SMILES string of the molecule is CCC(=O)CCC(N)C(=O)N1CCCC1C(=O)NC(CC(=O)NC(Cc1ccccc1)C(=O)O)Cc1ccccc1. The zero-order valence-electron chi connectivity index (χ0n) is 23.5. The van der Waals surface area contributed by atoms with Crippen molar-refractivity contribution in [3.8, 4) is 0 Å². The Labute approximate surface area is 240 Å². The summed E-state index contributed by atoms with van der Waals surface area (Å²) < 4.78 is 0. The molecule has 3 rings (SSSR count). The van der Waals surface area contributed by atoms with Crippen molar-refractivity contribution in [3.63, 3.8) is 0 Å². The van der Waals surface area contributed by atoms with Gasteiger partial charge in [0, 0.05) is 38.3 Å². The maximum absolute atomic E-state index is 13.4. The number of nitrogens with two attached hydrogens (primary N) is 1. The highest BCUT2D eigenvalue weighted by Crippen LogP contribution is 2.20. The van der Waals surface area contributed by atoms with Crippen molar-refractivity contribution in [2.45, 2.75) is 82.5 Å². The largest absolute Gasteiger partial charge is 0.480 e. The van der Waals surface area contributed by atoms with Crippen molar-refractivity contribution < 1.29 is 29.1 Å². The van der Waals surface area contributed by atoms with Gasteiger partial charge in [0.2, 0.25) is 17.7 Å². The van der Waals surface area contributed by atoms with Crippen LogP contribution < -0.4 is 16.4 Å². The molecule has 10 heteroatoms. The smallest absolute Gasteiger partial charge is 0.326 e. The number of aliphatic carboxylic acids is 1. The average molecular weight is 565 g/mol. The van der Waals surface area contributed by atoms with E-state index in [1.165, 1.54) is 4.90 Å². The molecule has 1 aliphatic heterocycles. The minimum Gasteiger partial charge on any atom is -0.480 e. The number of amides is 3. The number of nitrogens with one attached hydrogen (secondary N) is 2. The molecule has 41 heavy (non-hydrogen) atoms. The van der Waals surface area contributed by atoms with Crippen LogP contribution in [0.2, 0.25) is 0 Å². The number of ketones is 1. The molecule has 0 spiro atoms. The number of carboxylic acid groups (broad SMARTS) is 1. The van der Waals surface area contributed by atoms with Gasteiger partial charge >= 0.3 is 5.97 Å². The van der Waals surface area contributed by atoms with E-state index in [0.29, 0.717) is 32.2 Å². The second kappa shape index (κ2) is 15.7. The molecule has 2 aromatic carbocycles. The van der Waals surface area contributed by atoms with E-state index in [9.17, 15) is 29.1 Å². The molecule has 4 unspecified atom stereocenters. The van der Waals surface area contributed by atoms with Gasteiger partial charge in [0.1, 0.15) is 17.9 Å². The van der Waals surface area contributed by atoms with Gasteiger partial charge in [-0.05, 0) is 36.8 Å². The van der Waals surface area contributed by atoms with E-state index < -0.39 is 36.0 Å². The molecule has 0 bridgehead atoms. The van der Waals surface area contributed by atoms with Gasteiger partial charge < -0.3 is 26.4 Å². The summed E-state index contributed by atoms with van der Waals surface area (Å²) >= 11 is 0. The van der Waals surface area contributed by atoms with Crippen LogP contribution in [-0.2, 0) is 36.8 Å². The van der Waals surface area contributed by atoms with Gasteiger partial charge in [-0.15, -0.1) is 0 Å². The van der Waals surface area contributed by atoms with Gasteiger partial charge in [-0.1, -0.05) is 67.6 Å². The molecule has 1 saturated heterocycles. The molecular formula is C31H40N4O6. The fourth-order valence-electron chi connectivity index (χ4n) is 5.03. The third kappa shape index (κ3) is 9.82. The average Bonchev–Trinajstić information content (AvgIpc) is 3.46. The normalized spacial score (nSPS) is 16.8. The number of carboxylic acids is 1. The van der Waals surface area contributed by atoms with Crippen LogP contribution >= 0.6 is 0 Å². The quantitative estimate of drug-likeness (QED) is 0.257. The maximum atomic E-state index is 13.4. The molecule has 0 radical (unpaired) electrons. The number of carbonyl (C=O) groups excluding carboxylic acids is 4. The molecule has 1 fully saturated rings. The lowest BCUT2D eigenvalue weighted by atomic mass is 10.0. The summed E-state index contributed by atoms with van der Waals surface area (Å²) in [6.07, 6.45) is 2.24. The van der Waals surface area contributed by atoms with E-state index in [1.54, 1.807) is 31.2 Å². The maximum Gasteiger partial charge on any atom is 0.326 e. The van der Waals surface area contributed by atoms with Crippen LogP contribution in [-0.4, -0.2) is 70.2 Å². The number of likely N-dealkylation sites (tertiary alicyclic amines) is 1. The third-order valence-electron chi connectivity index (χ3n) is 7.30. The standard InChI is InChI=1S/C31H40N4O6/c1-2-24(36)15-16-25(32)30(39)35-17-9-14-27(35)29(38)33-23(18-21-10-5-3-6-11-21)20-28(37)34-26(31(40)41)19-22-12-7-4-8-13-22/h3-8,10-13,23,25-27H,2,9,14-20,32H2,1H3,(H,33,38)(H,34,37)(H,40,41). The Kier molecular flexibility index (Phi) is 12.0. The van der Waals surface area contributed by atoms with Gasteiger partial charge in [-0.3, -0.25) is 19.2 Å². The van der Waals surface area contributed by atoms with E-state index in [4.69, 9.17) is 5.73 Å². The Morgan fingerprint density at radius 1 is 0.951 bits per heavy atom. The van der Waals surface area contributed by atoms with Crippen LogP contribution in [0.3, 0.4) is 0 Å². The molecule has 0 aliphatic carbocycles. The topological polar surface area (TPSA) is 159 Å². The molecule has 0 aromatic heterocycles. The zero-order chi connectivity index (χ0) is 29.8. The van der Waals surface area contributed by atoms with Crippen molar-refractivity contribution in [3.05, 3.63) is 71.8 Å². The molecule has 3 amide bonds. The van der Waals surface area contributed by atoms with E-state index in [-0.39, 0.29) is 43.3 Å². The molecule has 5 N–H and O–H groups in total. The molecule has 0 saturated carbocycles. The van der Waals surface area contributed by atoms with E-state index in [2.05, 4.69) is 10.6 Å². The molecule has 220 valence electrons. The first kappa shape index (κ1) is 31.5. The molecule has 1 aliphatic rings. The first-order chi connectivity index (χ1) is 19.7. The van der Waals surface area contributed by atoms with Gasteiger partial charge in [-0.2, -0.15) is 0 Å². The highest BCUT2D eigenvalue weighted by Gasteiger charge is 2.37. The summed E-state index contributed by atoms with van der Waals surface area (Å²) in [6, 6.07) is 15.0. The predicted molar refractivity (Wildman–Crippen MR) is 154 cm³/mol. The van der Waals surface area contributed by atoms with Crippen LogP contribution in [0, 0.1) is 0 Å². The summed E-state index contributed by atoms with van der Waals surface area (Å²) in [4.78, 5) is 64.5. The molecule has 10 nitrogen and oxygen atoms in total. The second-order valence-corrected chi connectivity index (χ2v) is 10.5. The lowest BCUT2D eigenvalue weighted by Crippen LogP contribution is -2.53. The Hall–Kier alpha value is -4.05. The Morgan fingerprint density at radius 2 is 1.56 bits per heavy atom. The summed E-state index contributed by atoms with van der Waals surface area (Å²) in [6.45, 7) is 2.14. The van der Waals surface area contributed by atoms with Crippen molar-refractivity contribution in [2.24, 2.45) is 5.73 Å². The zero-order valence-corrected chi connectivity index (χ0v) is 23.5. The van der Waals surface area contributed by atoms with Gasteiger partial charge in [0.05, 0.1) is 6.04 Å². The van der Waals surface area contributed by atoms with Crippen LogP contribution in [0.4, 0.5) is 0 Å². The van der Waals surface area contributed by atoms with Crippen LogP contribution in [0.5, 0.6) is 0 Å². The lowest BCUT2D eigenvalue weighted by molar-refractivity contribution is -0.142. The number of carbonyl (C=O) groups is 5. The highest BCUT2D eigenvalue weighted by molar-refractivity contribution is 5.91. The van der Waals surface area contributed by atoms with E-state index in [1.807, 2.05) is 36.4 Å². The Morgan fingerprint density at radius 3 is 2.15 bits per heavy atom. The van der Waals surface area contributed by atoms with E-state index in [0.717, 1.165) is 11.1 Å². The second-order valence-electron chi connectivity index (χ2n) is 10.5. The fraction of sp³-hybridized carbons (Fsp3) is 0.452. The fourth-order valence-corrected chi connectivity index (χ4v) is 5.03. The number of Topliss-reactive ketones (excluding diaryl/α,β-unsaturated/α-hetero) is 1. The summed E-state index contributed by atoms with van der Waals surface area (Å²) in [5.74, 6) is -2.38. The van der Waals surface area contributed by atoms with Gasteiger partial charge in [0.15, 0.2) is 0 Å². The van der Waals surface area contributed by atoms with E-state index >= 15 is 0 Å². The highest BCUT2D eigenvalue weighted by atomic mass is 16.4. The number of rotatable bonds is 15. The molecule has 1 heterocycles. The monoisotopic (exact) mass is 564 g/mol. The Balaban J connectivity index is 1.68. The van der Waals surface area contributed by atoms with Crippen molar-refractivity contribution in [1.29, 1.82) is 0 Å². The minimum absolute atomic E-state index is 0.0277. The van der Waals surface area contributed by atoms with Crippen LogP contribution in [0.1, 0.15) is 56.6 Å². The Bertz CT molecular complexity index is 1190. The van der Waals surface area contributed by atoms with Crippen molar-refractivity contribution >= 4 is 29.5 Å². The predicted octanol–water partition coefficient (Wildman–Crippen LogP) is 1.99. The number of hydrogen-bond donors (Lipinski definition) is 4. The van der Waals surface area contributed by atoms with Crippen LogP contribution in [0.15, 0.2) is 60.7 Å². The summed E-state index contributed by atoms with van der Waals surface area (Å²) in [7, 11) is 0. The first-order valence-corrected chi connectivity index (χ1v) is 14.2. The van der Waals surface area contributed by atoms with Crippen LogP contribution in [0.25, 0.3) is 0 Å². The van der Waals surface area contributed by atoms with Crippen molar-refractivity contribution in [2.75, 3.05) is 6.54 Å². The summed E-state index contributed by atoms with van der Waals surface area (Å²) in [5, 5.41) is 15.2. The third-order valence-corrected chi connectivity index (χ3v) is 7.30. The molecular weight excluding hydrogens is 524 g/mol. The number of benzene rings is 2. The minimum atomic E-state index is -1.15. The number of nitrogens with zero attached hydrogens (tertiary/aromatic N) is 1. The number of hydrogen-bond acceptors (Lipinski definition) is 6. The first-order valence-electron chi connectivity index (χ1n) is 14.2. The molecule has 4 atom stereocenters. The summed E-state index contributed by atoms with van der Waals surface area (Å²) in [5.41, 5.74) is 7.75.